The maximum atomic E-state index is 11.6. The summed E-state index contributed by atoms with van der Waals surface area (Å²) in [6.07, 6.45) is 1.08. The second kappa shape index (κ2) is 7.66. The number of hydrogen-bond donors (Lipinski definition) is 1. The summed E-state index contributed by atoms with van der Waals surface area (Å²) in [5, 5.41) is 9.54. The van der Waals surface area contributed by atoms with Crippen molar-refractivity contribution in [2.75, 3.05) is 40.9 Å². The number of nitrogens with zero attached hydrogens (tertiary/aromatic N) is 2. The highest BCUT2D eigenvalue weighted by atomic mass is 16.5. The normalized spacial score (nSPS) is 19.6. The molecule has 0 aliphatic carbocycles. The number of carboxylic acid groups (broad SMARTS) is 1. The van der Waals surface area contributed by atoms with Crippen LogP contribution in [0.25, 0.3) is 0 Å². The molecule has 0 aromatic heterocycles. The number of rotatable bonds is 6. The zero-order valence-corrected chi connectivity index (χ0v) is 14.3. The maximum Gasteiger partial charge on any atom is 0.336 e. The molecule has 0 spiro atoms. The fourth-order valence-electron chi connectivity index (χ4n) is 3.09. The molecule has 1 aliphatic heterocycles. The van der Waals surface area contributed by atoms with Crippen LogP contribution in [0.1, 0.15) is 29.3 Å². The number of ether oxygens (including phenoxy) is 2. The summed E-state index contributed by atoms with van der Waals surface area (Å²) in [7, 11) is 5.22. The molecule has 0 radical (unpaired) electrons. The molecule has 1 aromatic carbocycles. The Balaban J connectivity index is 2.29. The highest BCUT2D eigenvalue weighted by Crippen LogP contribution is 2.30. The van der Waals surface area contributed by atoms with Crippen LogP contribution < -0.4 is 9.47 Å². The van der Waals surface area contributed by atoms with Gasteiger partial charge in [0, 0.05) is 43.9 Å². The highest BCUT2D eigenvalue weighted by Gasteiger charge is 2.26. The molecule has 6 heteroatoms. The number of likely N-dealkylation sites (N-methyl/N-ethyl adjacent to an activating group) is 1. The van der Waals surface area contributed by atoms with E-state index >= 15 is 0 Å². The Kier molecular flexibility index (Phi) is 5.85. The Morgan fingerprint density at radius 3 is 2.61 bits per heavy atom. The molecule has 1 aromatic rings. The summed E-state index contributed by atoms with van der Waals surface area (Å²) < 4.78 is 10.6. The van der Waals surface area contributed by atoms with Gasteiger partial charge in [0.2, 0.25) is 0 Å². The van der Waals surface area contributed by atoms with Crippen LogP contribution in [0, 0.1) is 0 Å². The predicted molar refractivity (Wildman–Crippen MR) is 88.5 cm³/mol. The van der Waals surface area contributed by atoms with E-state index in [1.807, 2.05) is 0 Å². The van der Waals surface area contributed by atoms with Crippen LogP contribution in [0.3, 0.4) is 0 Å². The summed E-state index contributed by atoms with van der Waals surface area (Å²) in [6, 6.07) is 3.81. The van der Waals surface area contributed by atoms with Crippen LogP contribution in [0.15, 0.2) is 12.1 Å². The van der Waals surface area contributed by atoms with Crippen molar-refractivity contribution in [3.8, 4) is 11.5 Å². The molecule has 2 rings (SSSR count). The van der Waals surface area contributed by atoms with Gasteiger partial charge >= 0.3 is 5.97 Å². The summed E-state index contributed by atoms with van der Waals surface area (Å²) >= 11 is 0. The van der Waals surface area contributed by atoms with E-state index in [1.54, 1.807) is 19.2 Å². The summed E-state index contributed by atoms with van der Waals surface area (Å²) in [6.45, 7) is 5.59. The lowest BCUT2D eigenvalue weighted by molar-refractivity contribution is 0.0686. The van der Waals surface area contributed by atoms with E-state index in [9.17, 15) is 9.90 Å². The zero-order valence-electron chi connectivity index (χ0n) is 14.3. The van der Waals surface area contributed by atoms with E-state index in [2.05, 4.69) is 23.8 Å². The molecule has 0 saturated carbocycles. The maximum absolute atomic E-state index is 11.6. The number of piperazine rings is 1. The standard InChI is InChI=1S/C17H26N2O4/c1-5-12-10-19(7-6-18(12)2)11-15-14(17(20)21)8-13(22-3)9-16(15)23-4/h8-9,12H,5-7,10-11H2,1-4H3,(H,20,21)/t12-/m0/s1. The van der Waals surface area contributed by atoms with Crippen molar-refractivity contribution in [1.29, 1.82) is 0 Å². The number of aromatic carboxylic acids is 1. The van der Waals surface area contributed by atoms with E-state index in [1.165, 1.54) is 7.11 Å². The van der Waals surface area contributed by atoms with Gasteiger partial charge in [-0.1, -0.05) is 6.92 Å². The minimum atomic E-state index is -0.960. The van der Waals surface area contributed by atoms with Gasteiger partial charge in [-0.15, -0.1) is 0 Å². The van der Waals surface area contributed by atoms with Gasteiger partial charge in [-0.25, -0.2) is 4.79 Å². The summed E-state index contributed by atoms with van der Waals surface area (Å²) in [5.41, 5.74) is 0.952. The smallest absolute Gasteiger partial charge is 0.336 e. The van der Waals surface area contributed by atoms with E-state index < -0.39 is 5.97 Å². The molecule has 1 aliphatic rings. The Morgan fingerprint density at radius 1 is 1.30 bits per heavy atom. The van der Waals surface area contributed by atoms with Crippen LogP contribution in [-0.4, -0.2) is 67.8 Å². The molecule has 0 amide bonds. The molecule has 1 heterocycles. The van der Waals surface area contributed by atoms with Crippen LogP contribution in [-0.2, 0) is 6.54 Å². The molecule has 1 saturated heterocycles. The summed E-state index contributed by atoms with van der Waals surface area (Å²) in [5.74, 6) is 0.0971. The first kappa shape index (κ1) is 17.6. The van der Waals surface area contributed by atoms with E-state index in [0.717, 1.165) is 26.1 Å². The first-order valence-corrected chi connectivity index (χ1v) is 7.90. The third-order valence-electron chi connectivity index (χ3n) is 4.58. The van der Waals surface area contributed by atoms with E-state index in [0.29, 0.717) is 29.6 Å². The second-order valence-corrected chi connectivity index (χ2v) is 5.94. The molecule has 6 nitrogen and oxygen atoms in total. The predicted octanol–water partition coefficient (Wildman–Crippen LogP) is 1.93. The first-order valence-electron chi connectivity index (χ1n) is 7.90. The molecule has 1 N–H and O–H groups in total. The zero-order chi connectivity index (χ0) is 17.0. The van der Waals surface area contributed by atoms with Gasteiger partial charge in [-0.2, -0.15) is 0 Å². The van der Waals surface area contributed by atoms with Crippen molar-refractivity contribution < 1.29 is 19.4 Å². The molecule has 1 atom stereocenters. The SMILES string of the molecule is CC[C@H]1CN(Cc2c(OC)cc(OC)cc2C(=O)O)CCN1C. The monoisotopic (exact) mass is 322 g/mol. The third kappa shape index (κ3) is 3.95. The Hall–Kier alpha value is -1.79. The van der Waals surface area contributed by atoms with Crippen molar-refractivity contribution in [3.63, 3.8) is 0 Å². The van der Waals surface area contributed by atoms with Crippen LogP contribution in [0.5, 0.6) is 11.5 Å². The third-order valence-corrected chi connectivity index (χ3v) is 4.58. The Labute approximate surface area is 137 Å². The van der Waals surface area contributed by atoms with Crippen molar-refractivity contribution >= 4 is 5.97 Å². The topological polar surface area (TPSA) is 62.2 Å². The van der Waals surface area contributed by atoms with Crippen molar-refractivity contribution in [2.45, 2.75) is 25.9 Å². The molecule has 1 fully saturated rings. The fourth-order valence-corrected chi connectivity index (χ4v) is 3.09. The van der Waals surface area contributed by atoms with E-state index in [4.69, 9.17) is 9.47 Å². The lowest BCUT2D eigenvalue weighted by atomic mass is 10.0. The lowest BCUT2D eigenvalue weighted by Crippen LogP contribution is -2.50. The minimum Gasteiger partial charge on any atom is -0.497 e. The molecule has 128 valence electrons. The quantitative estimate of drug-likeness (QED) is 0.863. The number of hydrogen-bond acceptors (Lipinski definition) is 5. The second-order valence-electron chi connectivity index (χ2n) is 5.94. The van der Waals surface area contributed by atoms with Crippen LogP contribution in [0.2, 0.25) is 0 Å². The van der Waals surface area contributed by atoms with Gasteiger partial charge in [0.15, 0.2) is 0 Å². The van der Waals surface area contributed by atoms with Gasteiger partial charge in [0.05, 0.1) is 19.8 Å². The average molecular weight is 322 g/mol. The number of carboxylic acids is 1. The fraction of sp³-hybridized carbons (Fsp3) is 0.588. The van der Waals surface area contributed by atoms with Crippen molar-refractivity contribution in [1.82, 2.24) is 9.80 Å². The Bertz CT molecular complexity index is 562. The Morgan fingerprint density at radius 2 is 2.04 bits per heavy atom. The van der Waals surface area contributed by atoms with Crippen LogP contribution in [0.4, 0.5) is 0 Å². The van der Waals surface area contributed by atoms with Crippen molar-refractivity contribution in [3.05, 3.63) is 23.3 Å². The summed E-state index contributed by atoms with van der Waals surface area (Å²) in [4.78, 5) is 16.3. The van der Waals surface area contributed by atoms with E-state index in [-0.39, 0.29) is 5.56 Å². The van der Waals surface area contributed by atoms with Gasteiger partial charge in [0.1, 0.15) is 11.5 Å². The van der Waals surface area contributed by atoms with Gasteiger partial charge in [-0.05, 0) is 19.5 Å². The molecule has 23 heavy (non-hydrogen) atoms. The highest BCUT2D eigenvalue weighted by molar-refractivity contribution is 5.91. The lowest BCUT2D eigenvalue weighted by Gasteiger charge is -2.39. The first-order chi connectivity index (χ1) is 11.0. The molecular weight excluding hydrogens is 296 g/mol. The van der Waals surface area contributed by atoms with Gasteiger partial charge < -0.3 is 19.5 Å². The van der Waals surface area contributed by atoms with Crippen LogP contribution >= 0.6 is 0 Å². The average Bonchev–Trinajstić information content (AvgIpc) is 2.56. The van der Waals surface area contributed by atoms with Gasteiger partial charge in [-0.3, -0.25) is 4.90 Å². The number of benzene rings is 1. The molecule has 0 unspecified atom stereocenters. The molecule has 0 bridgehead atoms. The van der Waals surface area contributed by atoms with Gasteiger partial charge in [0.25, 0.3) is 0 Å². The number of carbonyl (C=O) groups is 1. The molecular formula is C17H26N2O4. The minimum absolute atomic E-state index is 0.244. The largest absolute Gasteiger partial charge is 0.497 e. The number of methoxy groups -OCH3 is 2. The van der Waals surface area contributed by atoms with Crippen molar-refractivity contribution in [2.24, 2.45) is 0 Å².